The lowest BCUT2D eigenvalue weighted by Gasteiger charge is -2.34. The number of rotatable bonds is 4. The van der Waals surface area contributed by atoms with Crippen molar-refractivity contribution >= 4 is 28.3 Å². The molecule has 2 unspecified atom stereocenters. The van der Waals surface area contributed by atoms with Crippen LogP contribution in [-0.4, -0.2) is 60.3 Å². The minimum atomic E-state index is -0.0841. The number of nitrogens with zero attached hydrogens (tertiary/aromatic N) is 3. The SMILES string of the molecule is Cc1nc(NC(=O)CN2CC(C)CC(C)C2)sc1C(=O)N(C)C. The molecular formula is C16H26N4O2S. The van der Waals surface area contributed by atoms with E-state index in [9.17, 15) is 9.59 Å². The molecule has 2 heterocycles. The number of hydrogen-bond acceptors (Lipinski definition) is 5. The van der Waals surface area contributed by atoms with Crippen LogP contribution in [0, 0.1) is 18.8 Å². The van der Waals surface area contributed by atoms with E-state index in [2.05, 4.69) is 29.0 Å². The first kappa shape index (κ1) is 17.9. The molecule has 6 nitrogen and oxygen atoms in total. The lowest BCUT2D eigenvalue weighted by Crippen LogP contribution is -2.42. The van der Waals surface area contributed by atoms with Gasteiger partial charge in [-0.2, -0.15) is 0 Å². The summed E-state index contributed by atoms with van der Waals surface area (Å²) < 4.78 is 0. The Balaban J connectivity index is 1.95. The molecule has 0 radical (unpaired) electrons. The molecule has 1 aromatic rings. The second-order valence-corrected chi connectivity index (χ2v) is 7.82. The van der Waals surface area contributed by atoms with Crippen molar-refractivity contribution < 1.29 is 9.59 Å². The van der Waals surface area contributed by atoms with Crippen LogP contribution in [0.4, 0.5) is 5.13 Å². The van der Waals surface area contributed by atoms with Gasteiger partial charge >= 0.3 is 0 Å². The Bertz CT molecular complexity index is 575. The van der Waals surface area contributed by atoms with E-state index in [0.29, 0.717) is 34.1 Å². The maximum absolute atomic E-state index is 12.2. The molecule has 2 atom stereocenters. The molecule has 0 aliphatic carbocycles. The van der Waals surface area contributed by atoms with Gasteiger partial charge in [-0.05, 0) is 25.2 Å². The van der Waals surface area contributed by atoms with Gasteiger partial charge in [0, 0.05) is 27.2 Å². The van der Waals surface area contributed by atoms with Crippen LogP contribution in [0.5, 0.6) is 0 Å². The number of likely N-dealkylation sites (tertiary alicyclic amines) is 1. The number of thiazole rings is 1. The van der Waals surface area contributed by atoms with E-state index in [-0.39, 0.29) is 11.8 Å². The van der Waals surface area contributed by atoms with Gasteiger partial charge in [0.1, 0.15) is 4.88 Å². The summed E-state index contributed by atoms with van der Waals surface area (Å²) >= 11 is 1.23. The number of anilines is 1. The summed E-state index contributed by atoms with van der Waals surface area (Å²) in [7, 11) is 3.41. The molecule has 1 fully saturated rings. The molecule has 1 aliphatic rings. The molecule has 0 bridgehead atoms. The third-order valence-corrected chi connectivity index (χ3v) is 5.02. The maximum Gasteiger partial charge on any atom is 0.265 e. The lowest BCUT2D eigenvalue weighted by molar-refractivity contribution is -0.117. The fraction of sp³-hybridized carbons (Fsp3) is 0.688. The number of nitrogens with one attached hydrogen (secondary N) is 1. The quantitative estimate of drug-likeness (QED) is 0.913. The summed E-state index contributed by atoms with van der Waals surface area (Å²) in [4.78, 5) is 32.8. The van der Waals surface area contributed by atoms with Gasteiger partial charge < -0.3 is 10.2 Å². The molecule has 1 aliphatic heterocycles. The number of carbonyl (C=O) groups is 2. The molecule has 23 heavy (non-hydrogen) atoms. The first-order valence-corrected chi connectivity index (χ1v) is 8.79. The van der Waals surface area contributed by atoms with Gasteiger partial charge in [-0.3, -0.25) is 14.5 Å². The number of hydrogen-bond donors (Lipinski definition) is 1. The monoisotopic (exact) mass is 338 g/mol. The zero-order valence-electron chi connectivity index (χ0n) is 14.5. The molecule has 0 saturated carbocycles. The van der Waals surface area contributed by atoms with Gasteiger partial charge in [0.05, 0.1) is 12.2 Å². The van der Waals surface area contributed by atoms with Gasteiger partial charge in [-0.25, -0.2) is 4.98 Å². The van der Waals surface area contributed by atoms with Crippen LogP contribution in [0.1, 0.15) is 35.6 Å². The van der Waals surface area contributed by atoms with Gasteiger partial charge in [-0.1, -0.05) is 25.2 Å². The first-order chi connectivity index (χ1) is 10.8. The summed E-state index contributed by atoms with van der Waals surface area (Å²) in [5.41, 5.74) is 0.657. The number of piperidine rings is 1. The highest BCUT2D eigenvalue weighted by Gasteiger charge is 2.24. The number of aromatic nitrogens is 1. The molecule has 128 valence electrons. The largest absolute Gasteiger partial charge is 0.344 e. The van der Waals surface area contributed by atoms with Crippen LogP contribution >= 0.6 is 11.3 Å². The van der Waals surface area contributed by atoms with E-state index >= 15 is 0 Å². The maximum atomic E-state index is 12.2. The highest BCUT2D eigenvalue weighted by Crippen LogP contribution is 2.24. The topological polar surface area (TPSA) is 65.5 Å². The van der Waals surface area contributed by atoms with Gasteiger partial charge in [0.2, 0.25) is 5.91 Å². The van der Waals surface area contributed by atoms with Crippen LogP contribution < -0.4 is 5.32 Å². The summed E-state index contributed by atoms with van der Waals surface area (Å²) in [5.74, 6) is 1.10. The Kier molecular flexibility index (Phi) is 5.75. The standard InChI is InChI=1S/C16H26N4O2S/c1-10-6-11(2)8-20(7-10)9-13(21)18-16-17-12(3)14(23-16)15(22)19(4)5/h10-11H,6-9H2,1-5H3,(H,17,18,21). The predicted octanol–water partition coefficient (Wildman–Crippen LogP) is 2.07. The summed E-state index contributed by atoms with van der Waals surface area (Å²) in [6, 6.07) is 0. The average molecular weight is 338 g/mol. The van der Waals surface area contributed by atoms with Gasteiger partial charge in [0.25, 0.3) is 5.91 Å². The molecular weight excluding hydrogens is 312 g/mol. The molecule has 7 heteroatoms. The smallest absolute Gasteiger partial charge is 0.265 e. The zero-order chi connectivity index (χ0) is 17.1. The number of aryl methyl sites for hydroxylation is 1. The van der Waals surface area contributed by atoms with E-state index in [1.54, 1.807) is 21.0 Å². The van der Waals surface area contributed by atoms with Crippen molar-refractivity contribution in [3.63, 3.8) is 0 Å². The van der Waals surface area contributed by atoms with Crippen LogP contribution in [0.15, 0.2) is 0 Å². The van der Waals surface area contributed by atoms with Crippen molar-refractivity contribution in [2.75, 3.05) is 39.0 Å². The summed E-state index contributed by atoms with van der Waals surface area (Å²) in [5, 5.41) is 3.33. The Morgan fingerprint density at radius 2 is 1.91 bits per heavy atom. The Morgan fingerprint density at radius 1 is 1.30 bits per heavy atom. The molecule has 2 amide bonds. The molecule has 1 saturated heterocycles. The van der Waals surface area contributed by atoms with E-state index in [1.807, 2.05) is 0 Å². The average Bonchev–Trinajstić information content (AvgIpc) is 2.76. The zero-order valence-corrected chi connectivity index (χ0v) is 15.4. The number of amides is 2. The predicted molar refractivity (Wildman–Crippen MR) is 92.9 cm³/mol. The Labute approximate surface area is 141 Å². The van der Waals surface area contributed by atoms with Crippen molar-refractivity contribution in [2.45, 2.75) is 27.2 Å². The minimum Gasteiger partial charge on any atom is -0.344 e. The summed E-state index contributed by atoms with van der Waals surface area (Å²) in [6.45, 7) is 8.53. The van der Waals surface area contributed by atoms with E-state index < -0.39 is 0 Å². The molecule has 0 spiro atoms. The highest BCUT2D eigenvalue weighted by atomic mass is 32.1. The van der Waals surface area contributed by atoms with Crippen LogP contribution in [0.3, 0.4) is 0 Å². The van der Waals surface area contributed by atoms with Crippen LogP contribution in [0.25, 0.3) is 0 Å². The third kappa shape index (κ3) is 4.75. The van der Waals surface area contributed by atoms with Crippen molar-refractivity contribution in [1.82, 2.24) is 14.8 Å². The Hall–Kier alpha value is -1.47. The van der Waals surface area contributed by atoms with Crippen molar-refractivity contribution in [1.29, 1.82) is 0 Å². The van der Waals surface area contributed by atoms with E-state index in [1.165, 1.54) is 22.7 Å². The van der Waals surface area contributed by atoms with E-state index in [0.717, 1.165) is 13.1 Å². The summed E-state index contributed by atoms with van der Waals surface area (Å²) in [6.07, 6.45) is 1.22. The van der Waals surface area contributed by atoms with Gasteiger partial charge in [0.15, 0.2) is 5.13 Å². The van der Waals surface area contributed by atoms with Crippen LogP contribution in [0.2, 0.25) is 0 Å². The van der Waals surface area contributed by atoms with Crippen molar-refractivity contribution in [2.24, 2.45) is 11.8 Å². The second kappa shape index (κ2) is 7.40. The normalized spacial score (nSPS) is 22.0. The van der Waals surface area contributed by atoms with Crippen LogP contribution in [-0.2, 0) is 4.79 Å². The first-order valence-electron chi connectivity index (χ1n) is 7.97. The third-order valence-electron chi connectivity index (χ3n) is 3.96. The minimum absolute atomic E-state index is 0.0658. The molecule has 0 aromatic carbocycles. The number of carbonyl (C=O) groups excluding carboxylic acids is 2. The highest BCUT2D eigenvalue weighted by molar-refractivity contribution is 7.17. The molecule has 2 rings (SSSR count). The fourth-order valence-corrected chi connectivity index (χ4v) is 4.14. The second-order valence-electron chi connectivity index (χ2n) is 6.82. The lowest BCUT2D eigenvalue weighted by atomic mass is 9.92. The molecule has 1 aromatic heterocycles. The Morgan fingerprint density at radius 3 is 2.48 bits per heavy atom. The van der Waals surface area contributed by atoms with Gasteiger partial charge in [-0.15, -0.1) is 0 Å². The van der Waals surface area contributed by atoms with E-state index in [4.69, 9.17) is 0 Å². The van der Waals surface area contributed by atoms with Crippen molar-refractivity contribution in [3.05, 3.63) is 10.6 Å². The fourth-order valence-electron chi connectivity index (χ4n) is 3.13. The molecule has 1 N–H and O–H groups in total. The van der Waals surface area contributed by atoms with Crippen molar-refractivity contribution in [3.8, 4) is 0 Å².